The van der Waals surface area contributed by atoms with Crippen LogP contribution in [0.1, 0.15) is 77.3 Å². The molecule has 3 rings (SSSR count). The summed E-state index contributed by atoms with van der Waals surface area (Å²) in [5.41, 5.74) is 2.25. The van der Waals surface area contributed by atoms with E-state index in [1.165, 1.54) is 11.1 Å². The monoisotopic (exact) mass is 644 g/mol. The highest BCUT2D eigenvalue weighted by atomic mass is 32.2. The van der Waals surface area contributed by atoms with Crippen molar-refractivity contribution in [2.45, 2.75) is 103 Å². The van der Waals surface area contributed by atoms with Crippen LogP contribution in [0, 0.1) is 12.8 Å². The maximum Gasteiger partial charge on any atom is 0.339 e. The summed E-state index contributed by atoms with van der Waals surface area (Å²) in [7, 11) is -2.67. The molecule has 244 valence electrons. The van der Waals surface area contributed by atoms with Crippen LogP contribution in [0.3, 0.4) is 0 Å². The second-order valence-corrected chi connectivity index (χ2v) is 20.1. The highest BCUT2D eigenvalue weighted by Gasteiger charge is 2.42. The van der Waals surface area contributed by atoms with Crippen molar-refractivity contribution in [1.82, 2.24) is 9.04 Å². The zero-order valence-electron chi connectivity index (χ0n) is 28.3. The molecule has 44 heavy (non-hydrogen) atoms. The van der Waals surface area contributed by atoms with Gasteiger partial charge in [-0.3, -0.25) is 0 Å². The van der Waals surface area contributed by atoms with Gasteiger partial charge in [-0.25, -0.2) is 17.2 Å². The van der Waals surface area contributed by atoms with Crippen LogP contribution in [-0.4, -0.2) is 58.5 Å². The molecule has 0 bridgehead atoms. The number of nitrogens with zero attached hydrogens (tertiary/aromatic N) is 2. The van der Waals surface area contributed by atoms with Crippen LogP contribution >= 0.6 is 0 Å². The van der Waals surface area contributed by atoms with Gasteiger partial charge in [0.05, 0.1) is 24.7 Å². The number of methoxy groups -OCH3 is 1. The molecule has 2 aromatic rings. The molecular formula is C34H52N2O6SSi. The minimum Gasteiger partial charge on any atom is -0.466 e. The summed E-state index contributed by atoms with van der Waals surface area (Å²) in [6.07, 6.45) is 8.56. The predicted octanol–water partition coefficient (Wildman–Crippen LogP) is 7.50. The van der Waals surface area contributed by atoms with E-state index in [1.807, 2.05) is 26.8 Å². The first-order chi connectivity index (χ1) is 20.5. The van der Waals surface area contributed by atoms with E-state index < -0.39 is 24.3 Å². The Bertz CT molecular complexity index is 1450. The fourth-order valence-electron chi connectivity index (χ4n) is 5.15. The molecule has 1 aromatic heterocycles. The van der Waals surface area contributed by atoms with E-state index >= 15 is 0 Å². The third-order valence-corrected chi connectivity index (χ3v) is 15.0. The van der Waals surface area contributed by atoms with Crippen LogP contribution in [0.4, 0.5) is 0 Å². The van der Waals surface area contributed by atoms with Gasteiger partial charge in [-0.2, -0.15) is 0 Å². The van der Waals surface area contributed by atoms with E-state index in [0.717, 1.165) is 31.2 Å². The molecule has 1 aromatic carbocycles. The maximum absolute atomic E-state index is 14.2. The molecule has 0 saturated heterocycles. The SMILES string of the molecule is COC(=O)C1=C(c2ccc(CCCCC/C=C/CO[Si](C)(C)C(C)(C)C)n2S(=O)(=O)c2ccc(C)cc2)ON(C)C1C(C)C. The normalized spacial score (nSPS) is 16.8. The van der Waals surface area contributed by atoms with E-state index in [9.17, 15) is 13.2 Å². The summed E-state index contributed by atoms with van der Waals surface area (Å²) in [5, 5.41) is 1.80. The summed E-state index contributed by atoms with van der Waals surface area (Å²) >= 11 is 0. The second kappa shape index (κ2) is 14.6. The smallest absolute Gasteiger partial charge is 0.339 e. The van der Waals surface area contributed by atoms with E-state index in [4.69, 9.17) is 14.0 Å². The van der Waals surface area contributed by atoms with Gasteiger partial charge in [-0.1, -0.05) is 70.9 Å². The molecular weight excluding hydrogens is 593 g/mol. The number of hydrogen-bond donors (Lipinski definition) is 0. The molecule has 0 aliphatic carbocycles. The Labute approximate surface area is 266 Å². The Morgan fingerprint density at radius 2 is 1.70 bits per heavy atom. The predicted molar refractivity (Wildman–Crippen MR) is 179 cm³/mol. The zero-order valence-corrected chi connectivity index (χ0v) is 30.1. The minimum absolute atomic E-state index is 0.0239. The van der Waals surface area contributed by atoms with Gasteiger partial charge >= 0.3 is 5.97 Å². The van der Waals surface area contributed by atoms with Crippen LogP contribution in [0.15, 0.2) is 59.0 Å². The molecule has 1 aliphatic heterocycles. The number of ether oxygens (including phenoxy) is 1. The van der Waals surface area contributed by atoms with Crippen LogP contribution in [0.2, 0.25) is 18.1 Å². The number of hydroxylamine groups is 2. The molecule has 1 atom stereocenters. The van der Waals surface area contributed by atoms with Crippen molar-refractivity contribution in [1.29, 1.82) is 0 Å². The number of rotatable bonds is 14. The minimum atomic E-state index is -3.99. The average Bonchev–Trinajstić information content (AvgIpc) is 3.52. The fourth-order valence-corrected chi connectivity index (χ4v) is 7.65. The standard InChI is InChI=1S/C34H52N2O6SSi/c1-25(2)31-30(33(37)40-8)32(42-35(31)7)29-23-20-27(36(29)43(38,39)28-21-18-26(3)19-22-28)17-15-13-11-12-14-16-24-41-44(9,10)34(4,5)6/h14,16,18-23,25,31H,11-13,15,17,24H2,1-10H3/b16-14+. The van der Waals surface area contributed by atoms with Gasteiger partial charge in [0.15, 0.2) is 14.1 Å². The van der Waals surface area contributed by atoms with E-state index in [2.05, 4.69) is 46.0 Å². The molecule has 10 heteroatoms. The lowest BCUT2D eigenvalue weighted by molar-refractivity contribution is -0.137. The Morgan fingerprint density at radius 1 is 1.05 bits per heavy atom. The highest BCUT2D eigenvalue weighted by Crippen LogP contribution is 2.39. The molecule has 0 fully saturated rings. The number of hydrogen-bond acceptors (Lipinski definition) is 7. The molecule has 2 heterocycles. The quantitative estimate of drug-likeness (QED) is 0.0911. The Hall–Kier alpha value is -2.66. The number of likely N-dealkylation sites (N-methyl/N-ethyl adjacent to an activating group) is 1. The number of allylic oxidation sites excluding steroid dienone is 1. The lowest BCUT2D eigenvalue weighted by Gasteiger charge is -2.35. The van der Waals surface area contributed by atoms with Crippen LogP contribution in [0.5, 0.6) is 0 Å². The molecule has 1 unspecified atom stereocenters. The molecule has 0 spiro atoms. The molecule has 0 radical (unpaired) electrons. The molecule has 0 saturated carbocycles. The van der Waals surface area contributed by atoms with Crippen molar-refractivity contribution in [3.63, 3.8) is 0 Å². The van der Waals surface area contributed by atoms with Crippen LogP contribution < -0.4 is 0 Å². The summed E-state index contributed by atoms with van der Waals surface area (Å²) in [6.45, 7) is 17.8. The van der Waals surface area contributed by atoms with Crippen molar-refractivity contribution >= 4 is 30.1 Å². The summed E-state index contributed by atoms with van der Waals surface area (Å²) in [4.78, 5) is 19.3. The van der Waals surface area contributed by atoms with Crippen molar-refractivity contribution in [3.05, 3.63) is 71.1 Å². The molecule has 0 N–H and O–H groups in total. The third kappa shape index (κ3) is 8.13. The first-order valence-corrected chi connectivity index (χ1v) is 19.9. The summed E-state index contributed by atoms with van der Waals surface area (Å²) < 4.78 is 41.0. The van der Waals surface area contributed by atoms with Crippen molar-refractivity contribution in [3.8, 4) is 0 Å². The topological polar surface area (TPSA) is 87.1 Å². The molecule has 0 amide bonds. The second-order valence-electron chi connectivity index (χ2n) is 13.5. The fraction of sp³-hybridized carbons (Fsp3) is 0.559. The number of aryl methyl sites for hydroxylation is 2. The van der Waals surface area contributed by atoms with Crippen LogP contribution in [0.25, 0.3) is 5.76 Å². The number of aromatic nitrogens is 1. The maximum atomic E-state index is 14.2. The van der Waals surface area contributed by atoms with E-state index in [1.54, 1.807) is 42.4 Å². The van der Waals surface area contributed by atoms with Crippen molar-refractivity contribution in [2.24, 2.45) is 5.92 Å². The van der Waals surface area contributed by atoms with Crippen LogP contribution in [-0.2, 0) is 35.2 Å². The largest absolute Gasteiger partial charge is 0.466 e. The summed E-state index contributed by atoms with van der Waals surface area (Å²) in [5.74, 6) is -0.297. The molecule has 1 aliphatic rings. The first-order valence-electron chi connectivity index (χ1n) is 15.6. The number of esters is 1. The van der Waals surface area contributed by atoms with Crippen molar-refractivity contribution in [2.75, 3.05) is 20.8 Å². The van der Waals surface area contributed by atoms with Gasteiger partial charge in [-0.05, 0) is 80.9 Å². The third-order valence-electron chi connectivity index (χ3n) is 8.73. The van der Waals surface area contributed by atoms with Gasteiger partial charge in [0, 0.05) is 12.7 Å². The molecule has 8 nitrogen and oxygen atoms in total. The average molecular weight is 645 g/mol. The van der Waals surface area contributed by atoms with E-state index in [-0.39, 0.29) is 27.7 Å². The number of benzene rings is 1. The number of carbonyl (C=O) groups excluding carboxylic acids is 1. The van der Waals surface area contributed by atoms with Gasteiger partial charge in [0.25, 0.3) is 10.0 Å². The Balaban J connectivity index is 1.83. The number of unbranched alkanes of at least 4 members (excludes halogenated alkanes) is 3. The summed E-state index contributed by atoms with van der Waals surface area (Å²) in [6, 6.07) is 9.99. The Kier molecular flexibility index (Phi) is 11.9. The van der Waals surface area contributed by atoms with Crippen molar-refractivity contribution < 1.29 is 27.2 Å². The zero-order chi connectivity index (χ0) is 32.9. The van der Waals surface area contributed by atoms with Gasteiger partial charge in [-0.15, -0.1) is 5.06 Å². The lowest BCUT2D eigenvalue weighted by Crippen LogP contribution is -2.40. The van der Waals surface area contributed by atoms with E-state index in [0.29, 0.717) is 30.0 Å². The Morgan fingerprint density at radius 3 is 2.30 bits per heavy atom. The van der Waals surface area contributed by atoms with Gasteiger partial charge < -0.3 is 14.0 Å². The number of carbonyl (C=O) groups is 1. The van der Waals surface area contributed by atoms with Gasteiger partial charge in [0.2, 0.25) is 0 Å². The lowest BCUT2D eigenvalue weighted by atomic mass is 9.95. The first kappa shape index (κ1) is 35.8. The van der Waals surface area contributed by atoms with Gasteiger partial charge in [0.1, 0.15) is 11.3 Å². The highest BCUT2D eigenvalue weighted by molar-refractivity contribution is 7.90.